The summed E-state index contributed by atoms with van der Waals surface area (Å²) in [4.78, 5) is 1.85. The first-order chi connectivity index (χ1) is 9.77. The van der Waals surface area contributed by atoms with Crippen LogP contribution in [0.15, 0.2) is 18.2 Å². The highest BCUT2D eigenvalue weighted by Crippen LogP contribution is 2.35. The molecular weight excluding hydrogens is 277 g/mol. The smallest absolute Gasteiger partial charge is 0.371 e. The van der Waals surface area contributed by atoms with Gasteiger partial charge in [0.05, 0.1) is 5.92 Å². The molecule has 2 atom stereocenters. The number of aryl methyl sites for hydroxylation is 1. The van der Waals surface area contributed by atoms with Crippen molar-refractivity contribution >= 4 is 5.69 Å². The highest BCUT2D eigenvalue weighted by Gasteiger charge is 2.41. The van der Waals surface area contributed by atoms with Crippen LogP contribution in [0.5, 0.6) is 0 Å². The SMILES string of the molecule is Cc1cc(N2CCCC(C(F)(F)F)C2)ccc1CC(C)N. The van der Waals surface area contributed by atoms with Gasteiger partial charge in [0.1, 0.15) is 0 Å². The molecule has 2 unspecified atom stereocenters. The third-order valence-corrected chi connectivity index (χ3v) is 4.12. The summed E-state index contributed by atoms with van der Waals surface area (Å²) in [6, 6.07) is 5.98. The van der Waals surface area contributed by atoms with Gasteiger partial charge < -0.3 is 10.6 Å². The first-order valence-electron chi connectivity index (χ1n) is 7.44. The highest BCUT2D eigenvalue weighted by atomic mass is 19.4. The highest BCUT2D eigenvalue weighted by molar-refractivity contribution is 5.51. The molecule has 1 fully saturated rings. The number of halogens is 3. The minimum absolute atomic E-state index is 0.0651. The summed E-state index contributed by atoms with van der Waals surface area (Å²) in [6.07, 6.45) is -2.48. The molecule has 0 bridgehead atoms. The van der Waals surface area contributed by atoms with E-state index in [-0.39, 0.29) is 19.0 Å². The van der Waals surface area contributed by atoms with Gasteiger partial charge in [-0.3, -0.25) is 0 Å². The molecule has 2 rings (SSSR count). The van der Waals surface area contributed by atoms with Gasteiger partial charge in [-0.2, -0.15) is 13.2 Å². The van der Waals surface area contributed by atoms with Crippen LogP contribution >= 0.6 is 0 Å². The summed E-state index contributed by atoms with van der Waals surface area (Å²) < 4.78 is 38.6. The Kier molecular flexibility index (Phi) is 4.81. The molecule has 1 aromatic carbocycles. The van der Waals surface area contributed by atoms with E-state index in [0.717, 1.165) is 23.2 Å². The quantitative estimate of drug-likeness (QED) is 0.923. The number of hydrogen-bond acceptors (Lipinski definition) is 2. The van der Waals surface area contributed by atoms with Crippen LogP contribution in [-0.2, 0) is 6.42 Å². The fourth-order valence-electron chi connectivity index (χ4n) is 2.93. The average molecular weight is 300 g/mol. The van der Waals surface area contributed by atoms with Crippen molar-refractivity contribution in [3.8, 4) is 0 Å². The van der Waals surface area contributed by atoms with Crippen molar-refractivity contribution in [1.29, 1.82) is 0 Å². The fraction of sp³-hybridized carbons (Fsp3) is 0.625. The second kappa shape index (κ2) is 6.26. The van der Waals surface area contributed by atoms with Gasteiger partial charge in [-0.15, -0.1) is 0 Å². The first kappa shape index (κ1) is 16.1. The lowest BCUT2D eigenvalue weighted by Gasteiger charge is -2.35. The molecule has 2 N–H and O–H groups in total. The van der Waals surface area contributed by atoms with Crippen molar-refractivity contribution in [2.75, 3.05) is 18.0 Å². The van der Waals surface area contributed by atoms with E-state index in [2.05, 4.69) is 0 Å². The van der Waals surface area contributed by atoms with E-state index in [9.17, 15) is 13.2 Å². The Morgan fingerprint density at radius 2 is 2.10 bits per heavy atom. The number of benzene rings is 1. The Bertz CT molecular complexity index is 483. The van der Waals surface area contributed by atoms with Gasteiger partial charge in [0.2, 0.25) is 0 Å². The standard InChI is InChI=1S/C16H23F3N2/c1-11-8-15(6-5-13(11)9-12(2)20)21-7-3-4-14(10-21)16(17,18)19/h5-6,8,12,14H,3-4,7,9-10,20H2,1-2H3. The van der Waals surface area contributed by atoms with Crippen LogP contribution in [0.1, 0.15) is 30.9 Å². The summed E-state index contributed by atoms with van der Waals surface area (Å²) in [5.74, 6) is -1.21. The minimum Gasteiger partial charge on any atom is -0.371 e. The Balaban J connectivity index is 2.13. The third-order valence-electron chi connectivity index (χ3n) is 4.12. The van der Waals surface area contributed by atoms with Crippen LogP contribution in [0.25, 0.3) is 0 Å². The molecule has 0 radical (unpaired) electrons. The second-order valence-corrected chi connectivity index (χ2v) is 6.12. The maximum Gasteiger partial charge on any atom is 0.393 e. The minimum atomic E-state index is -4.09. The van der Waals surface area contributed by atoms with Gasteiger partial charge in [-0.1, -0.05) is 6.07 Å². The van der Waals surface area contributed by atoms with Gasteiger partial charge in [0, 0.05) is 24.8 Å². The van der Waals surface area contributed by atoms with Crippen LogP contribution in [0.2, 0.25) is 0 Å². The molecular formula is C16H23F3N2. The summed E-state index contributed by atoms with van der Waals surface area (Å²) in [7, 11) is 0. The van der Waals surface area contributed by atoms with Gasteiger partial charge >= 0.3 is 6.18 Å². The van der Waals surface area contributed by atoms with E-state index in [1.165, 1.54) is 0 Å². The number of rotatable bonds is 3. The average Bonchev–Trinajstić information content (AvgIpc) is 2.40. The van der Waals surface area contributed by atoms with Crippen LogP contribution in [0.3, 0.4) is 0 Å². The molecule has 0 saturated carbocycles. The Labute approximate surface area is 124 Å². The molecule has 1 aromatic rings. The molecule has 21 heavy (non-hydrogen) atoms. The summed E-state index contributed by atoms with van der Waals surface area (Å²) in [6.45, 7) is 4.70. The lowest BCUT2D eigenvalue weighted by Crippen LogP contribution is -2.41. The van der Waals surface area contributed by atoms with Crippen molar-refractivity contribution in [3.63, 3.8) is 0 Å². The van der Waals surface area contributed by atoms with Crippen molar-refractivity contribution in [2.24, 2.45) is 11.7 Å². The predicted octanol–water partition coefficient (Wildman–Crippen LogP) is 3.66. The van der Waals surface area contributed by atoms with Gasteiger partial charge in [0.25, 0.3) is 0 Å². The molecule has 0 aromatic heterocycles. The number of anilines is 1. The zero-order valence-corrected chi connectivity index (χ0v) is 12.6. The summed E-state index contributed by atoms with van der Waals surface area (Å²) in [5, 5.41) is 0. The van der Waals surface area contributed by atoms with Crippen molar-refractivity contribution in [2.45, 2.75) is 45.3 Å². The van der Waals surface area contributed by atoms with E-state index >= 15 is 0 Å². The molecule has 0 spiro atoms. The molecule has 0 amide bonds. The van der Waals surface area contributed by atoms with Gasteiger partial charge in [-0.25, -0.2) is 0 Å². The lowest BCUT2D eigenvalue weighted by molar-refractivity contribution is -0.175. The molecule has 1 saturated heterocycles. The second-order valence-electron chi connectivity index (χ2n) is 6.12. The van der Waals surface area contributed by atoms with Gasteiger partial charge in [-0.05, 0) is 56.4 Å². The van der Waals surface area contributed by atoms with Crippen LogP contribution in [0, 0.1) is 12.8 Å². The fourth-order valence-corrected chi connectivity index (χ4v) is 2.93. The van der Waals surface area contributed by atoms with Crippen molar-refractivity contribution < 1.29 is 13.2 Å². The number of alkyl halides is 3. The molecule has 2 nitrogen and oxygen atoms in total. The zero-order valence-electron chi connectivity index (χ0n) is 12.6. The number of piperidine rings is 1. The largest absolute Gasteiger partial charge is 0.393 e. The van der Waals surface area contributed by atoms with Crippen molar-refractivity contribution in [3.05, 3.63) is 29.3 Å². The predicted molar refractivity (Wildman–Crippen MR) is 79.5 cm³/mol. The van der Waals surface area contributed by atoms with Crippen LogP contribution in [-0.4, -0.2) is 25.3 Å². The normalized spacial score (nSPS) is 21.4. The molecule has 0 aliphatic carbocycles. The maximum absolute atomic E-state index is 12.9. The van der Waals surface area contributed by atoms with E-state index in [1.807, 2.05) is 36.9 Å². The summed E-state index contributed by atoms with van der Waals surface area (Å²) >= 11 is 0. The topological polar surface area (TPSA) is 29.3 Å². The third kappa shape index (κ3) is 4.13. The lowest BCUT2D eigenvalue weighted by atomic mass is 9.96. The monoisotopic (exact) mass is 300 g/mol. The summed E-state index contributed by atoms with van der Waals surface area (Å²) in [5.41, 5.74) is 8.95. The molecule has 1 heterocycles. The first-order valence-corrected chi connectivity index (χ1v) is 7.44. The van der Waals surface area contributed by atoms with E-state index < -0.39 is 12.1 Å². The zero-order chi connectivity index (χ0) is 15.6. The number of nitrogens with zero attached hydrogens (tertiary/aromatic N) is 1. The van der Waals surface area contributed by atoms with Crippen LogP contribution < -0.4 is 10.6 Å². The molecule has 1 aliphatic rings. The number of hydrogen-bond donors (Lipinski definition) is 1. The van der Waals surface area contributed by atoms with E-state index in [0.29, 0.717) is 13.0 Å². The molecule has 5 heteroatoms. The maximum atomic E-state index is 12.9. The number of nitrogens with two attached hydrogens (primary N) is 1. The van der Waals surface area contributed by atoms with Crippen molar-refractivity contribution in [1.82, 2.24) is 0 Å². The Morgan fingerprint density at radius 1 is 1.38 bits per heavy atom. The van der Waals surface area contributed by atoms with Crippen LogP contribution in [0.4, 0.5) is 18.9 Å². The van der Waals surface area contributed by atoms with Gasteiger partial charge in [0.15, 0.2) is 0 Å². The Hall–Kier alpha value is -1.23. The van der Waals surface area contributed by atoms with E-state index in [4.69, 9.17) is 5.73 Å². The molecule has 118 valence electrons. The molecule has 1 aliphatic heterocycles. The van der Waals surface area contributed by atoms with E-state index in [1.54, 1.807) is 0 Å². The Morgan fingerprint density at radius 3 is 2.67 bits per heavy atom.